The lowest BCUT2D eigenvalue weighted by Gasteiger charge is -2.10. The zero-order valence-electron chi connectivity index (χ0n) is 15.5. The monoisotopic (exact) mass is 373 g/mol. The van der Waals surface area contributed by atoms with Crippen LogP contribution in [-0.4, -0.2) is 21.2 Å². The van der Waals surface area contributed by atoms with Gasteiger partial charge in [-0.05, 0) is 48.7 Å². The number of para-hydroxylation sites is 1. The highest BCUT2D eigenvalue weighted by molar-refractivity contribution is 6.00. The summed E-state index contributed by atoms with van der Waals surface area (Å²) in [6.45, 7) is 3.84. The number of hydrogen-bond donors (Lipinski definition) is 4. The van der Waals surface area contributed by atoms with E-state index in [0.717, 1.165) is 33.5 Å². The number of aromatic amines is 2. The Morgan fingerprint density at radius 3 is 2.50 bits per heavy atom. The van der Waals surface area contributed by atoms with E-state index in [1.165, 1.54) is 0 Å². The van der Waals surface area contributed by atoms with Gasteiger partial charge in [0.2, 0.25) is 5.56 Å². The Bertz CT molecular complexity index is 1220. The largest absolute Gasteiger partial charge is 0.323 e. The lowest BCUT2D eigenvalue weighted by atomic mass is 10.0. The molecule has 0 saturated heterocycles. The summed E-state index contributed by atoms with van der Waals surface area (Å²) < 4.78 is 0. The summed E-state index contributed by atoms with van der Waals surface area (Å²) in [6.07, 6.45) is 0. The average Bonchev–Trinajstić information content (AvgIpc) is 3.04. The number of benzene rings is 2. The van der Waals surface area contributed by atoms with Crippen LogP contribution in [0.4, 0.5) is 16.2 Å². The number of rotatable bonds is 3. The Labute approximate surface area is 160 Å². The van der Waals surface area contributed by atoms with Gasteiger partial charge in [-0.3, -0.25) is 9.89 Å². The molecule has 0 aliphatic rings. The highest BCUT2D eigenvalue weighted by Crippen LogP contribution is 2.28. The van der Waals surface area contributed by atoms with Crippen LogP contribution >= 0.6 is 0 Å². The smallest absolute Gasteiger partial charge is 0.308 e. The molecular weight excluding hydrogens is 354 g/mol. The number of pyridine rings is 1. The maximum atomic E-state index is 12.2. The van der Waals surface area contributed by atoms with Gasteiger partial charge in [0.15, 0.2) is 5.65 Å². The molecule has 0 spiro atoms. The SMILES string of the molecule is Cc1ccccc1NC(=O)Nc1ccc(-c2cc(=O)[nH]c3n[nH]c(C)c23)cc1. The van der Waals surface area contributed by atoms with E-state index in [0.29, 0.717) is 11.3 Å². The third-order valence-electron chi connectivity index (χ3n) is 4.58. The third kappa shape index (κ3) is 3.37. The number of urea groups is 1. The molecule has 2 heterocycles. The van der Waals surface area contributed by atoms with E-state index in [2.05, 4.69) is 25.8 Å². The number of aromatic nitrogens is 3. The van der Waals surface area contributed by atoms with Crippen molar-refractivity contribution in [1.82, 2.24) is 15.2 Å². The Hall–Kier alpha value is -3.87. The number of aryl methyl sites for hydroxylation is 2. The molecule has 2 aromatic heterocycles. The molecule has 4 aromatic rings. The summed E-state index contributed by atoms with van der Waals surface area (Å²) >= 11 is 0. The molecule has 2 amide bonds. The number of hydrogen-bond acceptors (Lipinski definition) is 3. The first-order valence-corrected chi connectivity index (χ1v) is 8.83. The molecule has 2 aromatic carbocycles. The van der Waals surface area contributed by atoms with Crippen molar-refractivity contribution < 1.29 is 4.79 Å². The summed E-state index contributed by atoms with van der Waals surface area (Å²) in [5, 5.41) is 13.5. The lowest BCUT2D eigenvalue weighted by Crippen LogP contribution is -2.19. The molecule has 0 radical (unpaired) electrons. The van der Waals surface area contributed by atoms with Crippen molar-refractivity contribution in [2.24, 2.45) is 0 Å². The quantitative estimate of drug-likeness (QED) is 0.433. The molecule has 28 heavy (non-hydrogen) atoms. The Morgan fingerprint density at radius 2 is 1.75 bits per heavy atom. The van der Waals surface area contributed by atoms with Crippen LogP contribution in [0.25, 0.3) is 22.2 Å². The van der Waals surface area contributed by atoms with Crippen molar-refractivity contribution in [2.45, 2.75) is 13.8 Å². The minimum absolute atomic E-state index is 0.214. The van der Waals surface area contributed by atoms with E-state index in [1.807, 2.05) is 50.2 Å². The predicted molar refractivity (Wildman–Crippen MR) is 111 cm³/mol. The topological polar surface area (TPSA) is 103 Å². The van der Waals surface area contributed by atoms with Crippen molar-refractivity contribution >= 4 is 28.4 Å². The third-order valence-corrected chi connectivity index (χ3v) is 4.58. The van der Waals surface area contributed by atoms with E-state index in [-0.39, 0.29) is 11.6 Å². The predicted octanol–water partition coefficient (Wildman–Crippen LogP) is 4.18. The molecule has 0 bridgehead atoms. The van der Waals surface area contributed by atoms with Gasteiger partial charge < -0.3 is 15.6 Å². The molecular formula is C21H19N5O2. The number of H-pyrrole nitrogens is 2. The minimum Gasteiger partial charge on any atom is -0.308 e. The van der Waals surface area contributed by atoms with Crippen molar-refractivity contribution in [3.8, 4) is 11.1 Å². The zero-order chi connectivity index (χ0) is 19.7. The van der Waals surface area contributed by atoms with Crippen LogP contribution in [0.1, 0.15) is 11.3 Å². The van der Waals surface area contributed by atoms with Crippen molar-refractivity contribution in [2.75, 3.05) is 10.6 Å². The Balaban J connectivity index is 1.57. The van der Waals surface area contributed by atoms with Crippen LogP contribution in [0.3, 0.4) is 0 Å². The first-order valence-electron chi connectivity index (χ1n) is 8.83. The van der Waals surface area contributed by atoms with E-state index in [4.69, 9.17) is 0 Å². The van der Waals surface area contributed by atoms with E-state index >= 15 is 0 Å². The first-order chi connectivity index (χ1) is 13.5. The molecule has 140 valence electrons. The van der Waals surface area contributed by atoms with Gasteiger partial charge in [-0.1, -0.05) is 30.3 Å². The van der Waals surface area contributed by atoms with Crippen molar-refractivity contribution in [1.29, 1.82) is 0 Å². The van der Waals surface area contributed by atoms with Gasteiger partial charge in [0, 0.05) is 28.5 Å². The number of amides is 2. The van der Waals surface area contributed by atoms with Crippen LogP contribution in [0.15, 0.2) is 59.4 Å². The van der Waals surface area contributed by atoms with E-state index < -0.39 is 0 Å². The second kappa shape index (κ2) is 7.03. The fourth-order valence-corrected chi connectivity index (χ4v) is 3.16. The van der Waals surface area contributed by atoms with Crippen molar-refractivity contribution in [3.05, 3.63) is 76.2 Å². The van der Waals surface area contributed by atoms with Crippen molar-refractivity contribution in [3.63, 3.8) is 0 Å². The molecule has 4 N–H and O–H groups in total. The highest BCUT2D eigenvalue weighted by Gasteiger charge is 2.11. The van der Waals surface area contributed by atoms with Crippen LogP contribution in [0, 0.1) is 13.8 Å². The fourth-order valence-electron chi connectivity index (χ4n) is 3.16. The number of carbonyl (C=O) groups is 1. The average molecular weight is 373 g/mol. The molecule has 0 fully saturated rings. The van der Waals surface area contributed by atoms with Crippen LogP contribution < -0.4 is 16.2 Å². The van der Waals surface area contributed by atoms with Gasteiger partial charge in [-0.15, -0.1) is 0 Å². The number of carbonyl (C=O) groups excluding carboxylic acids is 1. The molecule has 0 aliphatic heterocycles. The molecule has 0 aliphatic carbocycles. The molecule has 7 nitrogen and oxygen atoms in total. The normalized spacial score (nSPS) is 10.8. The number of nitrogens with one attached hydrogen (secondary N) is 4. The van der Waals surface area contributed by atoms with Crippen LogP contribution in [0.5, 0.6) is 0 Å². The number of anilines is 2. The molecule has 0 unspecified atom stereocenters. The number of nitrogens with zero attached hydrogens (tertiary/aromatic N) is 1. The summed E-state index contributed by atoms with van der Waals surface area (Å²) in [5.41, 5.74) is 5.25. The second-order valence-electron chi connectivity index (χ2n) is 6.59. The van der Waals surface area contributed by atoms with E-state index in [1.54, 1.807) is 18.2 Å². The second-order valence-corrected chi connectivity index (χ2v) is 6.59. The summed E-state index contributed by atoms with van der Waals surface area (Å²) in [7, 11) is 0. The molecule has 0 saturated carbocycles. The summed E-state index contributed by atoms with van der Waals surface area (Å²) in [4.78, 5) is 26.9. The standard InChI is InChI=1S/C21H19N5O2/c1-12-5-3-4-6-17(12)23-21(28)22-15-9-7-14(8-10-15)16-11-18(27)24-20-19(16)13(2)25-26-20/h3-11H,1-2H3,(H2,22,23,28)(H2,24,25,26,27). The molecule has 0 atom stereocenters. The number of fused-ring (bicyclic) bond motifs is 1. The van der Waals surface area contributed by atoms with Gasteiger partial charge in [0.1, 0.15) is 0 Å². The zero-order valence-corrected chi connectivity index (χ0v) is 15.5. The van der Waals surface area contributed by atoms with E-state index in [9.17, 15) is 9.59 Å². The minimum atomic E-state index is -0.314. The maximum Gasteiger partial charge on any atom is 0.323 e. The van der Waals surface area contributed by atoms with Gasteiger partial charge in [0.05, 0.1) is 0 Å². The fraction of sp³-hybridized carbons (Fsp3) is 0.0952. The highest BCUT2D eigenvalue weighted by atomic mass is 16.2. The van der Waals surface area contributed by atoms with Crippen LogP contribution in [0.2, 0.25) is 0 Å². The van der Waals surface area contributed by atoms with Gasteiger partial charge in [-0.25, -0.2) is 4.79 Å². The van der Waals surface area contributed by atoms with Gasteiger partial charge in [0.25, 0.3) is 0 Å². The summed E-state index contributed by atoms with van der Waals surface area (Å²) in [6, 6.07) is 16.2. The lowest BCUT2D eigenvalue weighted by molar-refractivity contribution is 0.262. The first kappa shape index (κ1) is 17.5. The van der Waals surface area contributed by atoms with Gasteiger partial charge >= 0.3 is 6.03 Å². The Morgan fingerprint density at radius 1 is 1.00 bits per heavy atom. The summed E-state index contributed by atoms with van der Waals surface area (Å²) in [5.74, 6) is 0. The van der Waals surface area contributed by atoms with Gasteiger partial charge in [-0.2, -0.15) is 5.10 Å². The maximum absolute atomic E-state index is 12.2. The Kier molecular flexibility index (Phi) is 4.41. The molecule has 7 heteroatoms. The molecule has 4 rings (SSSR count). The van der Waals surface area contributed by atoms with Crippen LogP contribution in [-0.2, 0) is 0 Å².